The van der Waals surface area contributed by atoms with Gasteiger partial charge >= 0.3 is 18.9 Å². The van der Waals surface area contributed by atoms with Crippen molar-refractivity contribution in [2.45, 2.75) is 124 Å². The van der Waals surface area contributed by atoms with Crippen molar-refractivity contribution in [2.75, 3.05) is 19.5 Å². The van der Waals surface area contributed by atoms with Gasteiger partial charge in [-0.2, -0.15) is 25.3 Å². The monoisotopic (exact) mass is 1350 g/mol. The molecule has 1 aliphatic carbocycles. The largest absolute Gasteiger partial charge is 1.00 e. The smallest absolute Gasteiger partial charge is 0.870 e. The molecular formula is C54H67Cl7LiN17O9. The van der Waals surface area contributed by atoms with Crippen molar-refractivity contribution < 1.29 is 54.6 Å². The predicted octanol–water partition coefficient (Wildman–Crippen LogP) is 5.94. The number of benzene rings is 2. The van der Waals surface area contributed by atoms with Crippen LogP contribution in [0.3, 0.4) is 0 Å². The van der Waals surface area contributed by atoms with Gasteiger partial charge in [0.05, 0.1) is 107 Å². The quantitative estimate of drug-likeness (QED) is 0.0549. The van der Waals surface area contributed by atoms with Gasteiger partial charge in [-0.25, -0.2) is 19.9 Å². The number of aromatic nitrogens is 14. The van der Waals surface area contributed by atoms with E-state index in [-0.39, 0.29) is 69.9 Å². The zero-order chi connectivity index (χ0) is 62.8. The van der Waals surface area contributed by atoms with Crippen molar-refractivity contribution in [3.63, 3.8) is 0 Å². The van der Waals surface area contributed by atoms with Crippen LogP contribution < -0.4 is 50.5 Å². The molecule has 0 bridgehead atoms. The maximum Gasteiger partial charge on any atom is 1.00 e. The number of hydrogen-bond donors (Lipinski definition) is 7. The van der Waals surface area contributed by atoms with Gasteiger partial charge in [-0.15, -0.1) is 0 Å². The first kappa shape index (κ1) is 76.5. The van der Waals surface area contributed by atoms with Crippen molar-refractivity contribution in [3.05, 3.63) is 134 Å². The molecule has 1 aliphatic heterocycles. The van der Waals surface area contributed by atoms with E-state index < -0.39 is 16.8 Å². The third kappa shape index (κ3) is 22.9. The van der Waals surface area contributed by atoms with E-state index in [1.807, 2.05) is 12.1 Å². The molecule has 8 heterocycles. The Bertz CT molecular complexity index is 3930. The molecule has 7 aromatic heterocycles. The number of halogens is 7. The maximum absolute atomic E-state index is 12.4. The molecule has 0 unspecified atom stereocenters. The fourth-order valence-corrected chi connectivity index (χ4v) is 8.61. The van der Waals surface area contributed by atoms with Crippen molar-refractivity contribution in [1.82, 2.24) is 69.2 Å². The van der Waals surface area contributed by atoms with Gasteiger partial charge in [0.1, 0.15) is 22.1 Å². The SMILES string of the molecule is CC(C)(O)Cn1ncc2nc(Cl)[nH]c(=O)c21.CC(C)(O)Cn1ncc2nc(NCc3ccc(Cl)c(Cl)c3)[nH]c(=O)c21.CC1(C)CC1.COc1nc(Cl)nc2c1CN=C2.COc1nc(Cl)nc2cnn(CC(C)(C)O)c12.NCc1ccc(Cl)c(Cl)c1.O.[Li+].[OH-]. The maximum atomic E-state index is 12.4. The summed E-state index contributed by atoms with van der Waals surface area (Å²) in [6.07, 6.45) is 9.09. The summed E-state index contributed by atoms with van der Waals surface area (Å²) in [6.45, 7) is 16.8. The standard InChI is InChI=1S/C16H17Cl2N5O2.C10H13ClN4O2.C9H11ClN4O2.C7H7Cl2N.C7H6ClN3O.C5H10.Li.2H2O/c1-16(2,25)8-23-13-12(7-20-23)21-15(22-14(13)24)19-6-9-3-4-10(17)11(18)5-9;1-10(2,16)5-15-7-6(4-12-15)13-9(11)14-8(7)17-3;1-9(2,16)4-14-6-5(3-11-14)12-8(10)13-7(6)15;8-6-2-1-5(4-10)3-7(6)9;1-12-6-4-2-9-3-5(4)10-7(8)11-6;1-5(2)3-4-5;;;/h3-5,7,25H,6,8H2,1-2H3,(H2,19,21,22,24);4,16H,5H2,1-3H3;3,16H,4H2,1-2H3,(H,12,13,15);1-3H,4,10H2;3H,2H2,1H3;3-4H2,1-2H3;;2*1H2/q;;;;;;+1;;/p-1. The first-order valence-electron chi connectivity index (χ1n) is 25.8. The molecular weight excluding hydrogens is 1290 g/mol. The van der Waals surface area contributed by atoms with Gasteiger partial charge in [0.15, 0.2) is 11.0 Å². The zero-order valence-corrected chi connectivity index (χ0v) is 55.2. The van der Waals surface area contributed by atoms with Crippen LogP contribution in [-0.4, -0.2) is 133 Å². The van der Waals surface area contributed by atoms with Gasteiger partial charge in [-0.05, 0) is 130 Å². The molecule has 9 aromatic rings. The summed E-state index contributed by atoms with van der Waals surface area (Å²) >= 11 is 40.3. The average molecular weight is 1350 g/mol. The van der Waals surface area contributed by atoms with Crippen LogP contribution in [0.5, 0.6) is 11.8 Å². The van der Waals surface area contributed by atoms with Crippen molar-refractivity contribution in [3.8, 4) is 11.8 Å². The summed E-state index contributed by atoms with van der Waals surface area (Å²) in [6, 6.07) is 10.7. The number of aliphatic imine (C=N–C) groups is 1. The van der Waals surface area contributed by atoms with Crippen molar-refractivity contribution in [1.29, 1.82) is 0 Å². The van der Waals surface area contributed by atoms with E-state index in [0.717, 1.165) is 27.8 Å². The van der Waals surface area contributed by atoms with Crippen LogP contribution in [0, 0.1) is 5.41 Å². The zero-order valence-electron chi connectivity index (χ0n) is 49.9. The van der Waals surface area contributed by atoms with Crippen LogP contribution in [0.1, 0.15) is 90.6 Å². The Hall–Kier alpha value is -5.77. The summed E-state index contributed by atoms with van der Waals surface area (Å²) in [5, 5.41) is 47.1. The van der Waals surface area contributed by atoms with Gasteiger partial charge < -0.3 is 46.8 Å². The molecule has 2 aromatic carbocycles. The van der Waals surface area contributed by atoms with Crippen LogP contribution in [0.15, 0.2) is 69.6 Å². The van der Waals surface area contributed by atoms with Crippen LogP contribution in [0.25, 0.3) is 33.1 Å². The molecule has 88 heavy (non-hydrogen) atoms. The number of nitrogens with zero attached hydrogens (tertiary/aromatic N) is 13. The molecule has 26 nitrogen and oxygen atoms in total. The van der Waals surface area contributed by atoms with Crippen LogP contribution in [-0.2, 0) is 39.3 Å². The summed E-state index contributed by atoms with van der Waals surface area (Å²) in [7, 11) is 3.05. The molecule has 0 amide bonds. The van der Waals surface area contributed by atoms with E-state index >= 15 is 0 Å². The Morgan fingerprint density at radius 1 is 0.625 bits per heavy atom. The first-order chi connectivity index (χ1) is 39.7. The van der Waals surface area contributed by atoms with E-state index in [1.165, 1.54) is 41.7 Å². The van der Waals surface area contributed by atoms with Gasteiger partial charge in [-0.1, -0.05) is 72.4 Å². The second-order valence-electron chi connectivity index (χ2n) is 21.9. The number of ether oxygens (including phenoxy) is 2. The Balaban J connectivity index is 0.000000287. The number of fused-ring (bicyclic) bond motifs is 4. The summed E-state index contributed by atoms with van der Waals surface area (Å²) in [5.74, 6) is 1.19. The van der Waals surface area contributed by atoms with Crippen LogP contribution in [0.2, 0.25) is 35.9 Å². The Morgan fingerprint density at radius 3 is 1.52 bits per heavy atom. The molecule has 11 N–H and O–H groups in total. The fraction of sp³-hybridized carbons (Fsp3) is 0.407. The normalized spacial score (nSPS) is 12.6. The number of hydrogen-bond acceptors (Lipinski definition) is 20. The predicted molar refractivity (Wildman–Crippen MR) is 339 cm³/mol. The molecule has 0 radical (unpaired) electrons. The minimum absolute atomic E-state index is 0. The van der Waals surface area contributed by atoms with Gasteiger partial charge in [0.25, 0.3) is 11.1 Å². The number of anilines is 1. The second-order valence-corrected chi connectivity index (χ2v) is 24.5. The van der Waals surface area contributed by atoms with Crippen molar-refractivity contribution >= 4 is 126 Å². The molecule has 34 heteroatoms. The van der Waals surface area contributed by atoms with Gasteiger partial charge in [0.2, 0.25) is 33.6 Å². The van der Waals surface area contributed by atoms with Crippen molar-refractivity contribution in [2.24, 2.45) is 16.1 Å². The number of H-pyrrole nitrogens is 2. The molecule has 0 spiro atoms. The number of aromatic amines is 2. The summed E-state index contributed by atoms with van der Waals surface area (Å²) in [4.78, 5) is 57.3. The Kier molecular flexibility index (Phi) is 28.5. The molecule has 472 valence electrons. The first-order valence-corrected chi connectivity index (χ1v) is 28.5. The summed E-state index contributed by atoms with van der Waals surface area (Å²) in [5.41, 5.74) is 8.86. The minimum Gasteiger partial charge on any atom is -0.870 e. The Labute approximate surface area is 552 Å². The molecule has 0 saturated heterocycles. The van der Waals surface area contributed by atoms with E-state index in [0.29, 0.717) is 97.1 Å². The fourth-order valence-electron chi connectivity index (χ4n) is 7.46. The number of nitrogens with two attached hydrogens (primary N) is 1. The number of methoxy groups -OCH3 is 2. The molecule has 2 aliphatic rings. The van der Waals surface area contributed by atoms with E-state index in [1.54, 1.807) is 90.0 Å². The van der Waals surface area contributed by atoms with E-state index in [4.69, 9.17) is 96.4 Å². The number of rotatable bonds is 12. The molecule has 0 atom stereocenters. The molecule has 11 rings (SSSR count). The summed E-state index contributed by atoms with van der Waals surface area (Å²) < 4.78 is 14.6. The molecule has 1 saturated carbocycles. The van der Waals surface area contributed by atoms with Gasteiger partial charge in [-0.3, -0.25) is 38.6 Å². The van der Waals surface area contributed by atoms with E-state index in [9.17, 15) is 24.9 Å². The van der Waals surface area contributed by atoms with E-state index in [2.05, 4.69) is 79.3 Å². The number of nitrogens with one attached hydrogen (secondary N) is 3. The topological polar surface area (TPSA) is 388 Å². The third-order valence-electron chi connectivity index (χ3n) is 11.7. The average Bonchev–Trinajstić information content (AvgIpc) is 1.72. The van der Waals surface area contributed by atoms with Gasteiger partial charge in [0, 0.05) is 19.3 Å². The second kappa shape index (κ2) is 32.8. The Morgan fingerprint density at radius 2 is 1.06 bits per heavy atom. The number of aliphatic hydroxyl groups is 3. The van der Waals surface area contributed by atoms with Crippen LogP contribution >= 0.6 is 81.2 Å². The minimum atomic E-state index is -0.990. The third-order valence-corrected chi connectivity index (χ3v) is 13.7. The molecule has 1 fully saturated rings. The van der Waals surface area contributed by atoms with Crippen LogP contribution in [0.4, 0.5) is 5.95 Å².